The van der Waals surface area contributed by atoms with Crippen LogP contribution in [-0.4, -0.2) is 9.78 Å². The predicted molar refractivity (Wildman–Crippen MR) is 65.1 cm³/mol. The van der Waals surface area contributed by atoms with E-state index in [2.05, 4.69) is 5.10 Å². The van der Waals surface area contributed by atoms with E-state index in [-0.39, 0.29) is 5.82 Å². The van der Waals surface area contributed by atoms with Crippen LogP contribution in [0.2, 0.25) is 0 Å². The molecule has 2 aromatic rings. The molecular weight excluding hydrogens is 217 g/mol. The minimum Gasteiger partial charge on any atom is -0.320 e. The van der Waals surface area contributed by atoms with Gasteiger partial charge in [-0.25, -0.2) is 4.39 Å². The van der Waals surface area contributed by atoms with Crippen molar-refractivity contribution in [1.29, 1.82) is 0 Å². The van der Waals surface area contributed by atoms with Crippen LogP contribution in [-0.2, 0) is 7.05 Å². The van der Waals surface area contributed by atoms with E-state index in [1.807, 2.05) is 33.2 Å². The number of aromatic nitrogens is 2. The van der Waals surface area contributed by atoms with Gasteiger partial charge in [-0.3, -0.25) is 4.68 Å². The van der Waals surface area contributed by atoms with Crippen LogP contribution in [0.15, 0.2) is 24.5 Å². The summed E-state index contributed by atoms with van der Waals surface area (Å²) in [6.45, 7) is 3.75. The Morgan fingerprint density at radius 1 is 1.35 bits per heavy atom. The molecule has 3 nitrogen and oxygen atoms in total. The lowest BCUT2D eigenvalue weighted by atomic mass is 9.96. The summed E-state index contributed by atoms with van der Waals surface area (Å²) in [4.78, 5) is 0. The van der Waals surface area contributed by atoms with Gasteiger partial charge < -0.3 is 5.73 Å². The molecule has 0 radical (unpaired) electrons. The third-order valence-corrected chi connectivity index (χ3v) is 2.88. The van der Waals surface area contributed by atoms with Crippen LogP contribution in [0, 0.1) is 19.7 Å². The molecule has 1 aromatic carbocycles. The first-order valence-electron chi connectivity index (χ1n) is 5.50. The van der Waals surface area contributed by atoms with Crippen molar-refractivity contribution in [2.24, 2.45) is 12.8 Å². The highest BCUT2D eigenvalue weighted by atomic mass is 19.1. The van der Waals surface area contributed by atoms with E-state index in [9.17, 15) is 4.39 Å². The van der Waals surface area contributed by atoms with E-state index in [0.29, 0.717) is 5.56 Å². The topological polar surface area (TPSA) is 43.8 Å². The number of hydrogen-bond acceptors (Lipinski definition) is 2. The third kappa shape index (κ3) is 2.22. The summed E-state index contributed by atoms with van der Waals surface area (Å²) in [5.41, 5.74) is 9.23. The molecule has 1 atom stereocenters. The smallest absolute Gasteiger partial charge is 0.128 e. The van der Waals surface area contributed by atoms with Gasteiger partial charge >= 0.3 is 0 Å². The molecule has 0 fully saturated rings. The molecule has 17 heavy (non-hydrogen) atoms. The van der Waals surface area contributed by atoms with E-state index in [1.54, 1.807) is 10.9 Å². The highest BCUT2D eigenvalue weighted by Gasteiger charge is 2.17. The van der Waals surface area contributed by atoms with Crippen molar-refractivity contribution < 1.29 is 4.39 Å². The Hall–Kier alpha value is -1.68. The monoisotopic (exact) mass is 233 g/mol. The zero-order valence-electron chi connectivity index (χ0n) is 10.2. The van der Waals surface area contributed by atoms with Crippen molar-refractivity contribution >= 4 is 0 Å². The second-order valence-electron chi connectivity index (χ2n) is 4.40. The van der Waals surface area contributed by atoms with Crippen molar-refractivity contribution in [3.8, 4) is 0 Å². The number of nitrogens with zero attached hydrogens (tertiary/aromatic N) is 2. The molecule has 1 unspecified atom stereocenters. The number of hydrogen-bond donors (Lipinski definition) is 1. The van der Waals surface area contributed by atoms with Crippen LogP contribution in [0.4, 0.5) is 4.39 Å². The highest BCUT2D eigenvalue weighted by molar-refractivity contribution is 5.38. The molecule has 2 rings (SSSR count). The Morgan fingerprint density at radius 3 is 2.59 bits per heavy atom. The van der Waals surface area contributed by atoms with Crippen LogP contribution in [0.5, 0.6) is 0 Å². The zero-order valence-corrected chi connectivity index (χ0v) is 10.2. The van der Waals surface area contributed by atoms with Gasteiger partial charge in [0, 0.05) is 24.4 Å². The maximum absolute atomic E-state index is 13.9. The van der Waals surface area contributed by atoms with E-state index >= 15 is 0 Å². The second kappa shape index (κ2) is 4.30. The SMILES string of the molecule is Cc1cc(C)c(C(N)c2cnn(C)c2)c(F)c1. The van der Waals surface area contributed by atoms with Gasteiger partial charge in [-0.05, 0) is 31.0 Å². The molecule has 0 amide bonds. The first-order valence-corrected chi connectivity index (χ1v) is 5.50. The van der Waals surface area contributed by atoms with Gasteiger partial charge in [-0.15, -0.1) is 0 Å². The summed E-state index contributed by atoms with van der Waals surface area (Å²) in [5.74, 6) is -0.251. The molecule has 0 spiro atoms. The van der Waals surface area contributed by atoms with Gasteiger partial charge in [0.25, 0.3) is 0 Å². The van der Waals surface area contributed by atoms with Gasteiger partial charge in [0.05, 0.1) is 12.2 Å². The van der Waals surface area contributed by atoms with Crippen molar-refractivity contribution in [1.82, 2.24) is 9.78 Å². The Kier molecular flexibility index (Phi) is 2.98. The average Bonchev–Trinajstić information content (AvgIpc) is 2.63. The first kappa shape index (κ1) is 11.8. The van der Waals surface area contributed by atoms with E-state index in [0.717, 1.165) is 16.7 Å². The molecule has 0 bridgehead atoms. The number of rotatable bonds is 2. The number of aryl methyl sites for hydroxylation is 3. The molecule has 2 N–H and O–H groups in total. The maximum atomic E-state index is 13.9. The largest absolute Gasteiger partial charge is 0.320 e. The van der Waals surface area contributed by atoms with Crippen LogP contribution in [0.25, 0.3) is 0 Å². The van der Waals surface area contributed by atoms with Crippen LogP contribution in [0.1, 0.15) is 28.3 Å². The van der Waals surface area contributed by atoms with E-state index in [4.69, 9.17) is 5.73 Å². The fraction of sp³-hybridized carbons (Fsp3) is 0.308. The van der Waals surface area contributed by atoms with Crippen molar-refractivity contribution in [2.75, 3.05) is 0 Å². The molecule has 90 valence electrons. The summed E-state index contributed by atoms with van der Waals surface area (Å²) >= 11 is 0. The van der Waals surface area contributed by atoms with E-state index in [1.165, 1.54) is 6.07 Å². The number of halogens is 1. The molecule has 0 aliphatic heterocycles. The van der Waals surface area contributed by atoms with Gasteiger partial charge in [0.1, 0.15) is 5.82 Å². The van der Waals surface area contributed by atoms with Gasteiger partial charge in [0.2, 0.25) is 0 Å². The summed E-state index contributed by atoms with van der Waals surface area (Å²) in [6, 6.07) is 2.98. The first-order chi connectivity index (χ1) is 7.99. The summed E-state index contributed by atoms with van der Waals surface area (Å²) < 4.78 is 15.6. The fourth-order valence-corrected chi connectivity index (χ4v) is 2.09. The Bertz CT molecular complexity index is 522. The lowest BCUT2D eigenvalue weighted by Crippen LogP contribution is -2.15. The van der Waals surface area contributed by atoms with E-state index < -0.39 is 6.04 Å². The summed E-state index contributed by atoms with van der Waals surface area (Å²) in [6.07, 6.45) is 3.48. The van der Waals surface area contributed by atoms with Gasteiger partial charge in [0.15, 0.2) is 0 Å². The third-order valence-electron chi connectivity index (χ3n) is 2.88. The number of nitrogens with two attached hydrogens (primary N) is 1. The normalized spacial score (nSPS) is 12.8. The minimum absolute atomic E-state index is 0.251. The molecule has 1 heterocycles. The summed E-state index contributed by atoms with van der Waals surface area (Å²) in [5, 5.41) is 4.05. The van der Waals surface area contributed by atoms with Crippen LogP contribution in [0.3, 0.4) is 0 Å². The molecule has 1 aromatic heterocycles. The highest BCUT2D eigenvalue weighted by Crippen LogP contribution is 2.26. The molecule has 0 saturated carbocycles. The minimum atomic E-state index is -0.468. The van der Waals surface area contributed by atoms with Crippen molar-refractivity contribution in [2.45, 2.75) is 19.9 Å². The molecule has 0 aliphatic rings. The standard InChI is InChI=1S/C13H16FN3/c1-8-4-9(2)12(11(14)5-8)13(15)10-6-16-17(3)7-10/h4-7,13H,15H2,1-3H3. The Labute approximate surface area is 100 Å². The maximum Gasteiger partial charge on any atom is 0.128 e. The molecule has 4 heteroatoms. The molecule has 0 aliphatic carbocycles. The average molecular weight is 233 g/mol. The van der Waals surface area contributed by atoms with Gasteiger partial charge in [-0.2, -0.15) is 5.10 Å². The van der Waals surface area contributed by atoms with Crippen molar-refractivity contribution in [3.63, 3.8) is 0 Å². The Morgan fingerprint density at radius 2 is 2.06 bits per heavy atom. The molecule has 0 saturated heterocycles. The number of benzene rings is 1. The lowest BCUT2D eigenvalue weighted by Gasteiger charge is -2.15. The van der Waals surface area contributed by atoms with Crippen LogP contribution >= 0.6 is 0 Å². The van der Waals surface area contributed by atoms with Crippen LogP contribution < -0.4 is 5.73 Å². The summed E-state index contributed by atoms with van der Waals surface area (Å²) in [7, 11) is 1.81. The van der Waals surface area contributed by atoms with Crippen molar-refractivity contribution in [3.05, 3.63) is 52.6 Å². The predicted octanol–water partition coefficient (Wildman–Crippen LogP) is 2.22. The quantitative estimate of drug-likeness (QED) is 0.864. The second-order valence-corrected chi connectivity index (χ2v) is 4.40. The van der Waals surface area contributed by atoms with Gasteiger partial charge in [-0.1, -0.05) is 6.07 Å². The lowest BCUT2D eigenvalue weighted by molar-refractivity contribution is 0.596. The zero-order chi connectivity index (χ0) is 12.6. The molecular formula is C13H16FN3. The Balaban J connectivity index is 2.47. The fourth-order valence-electron chi connectivity index (χ4n) is 2.09.